The summed E-state index contributed by atoms with van der Waals surface area (Å²) in [5, 5.41) is 0. The zero-order chi connectivity index (χ0) is 10.0. The molecule has 0 spiro atoms. The van der Waals surface area contributed by atoms with Crippen LogP contribution >= 0.6 is 0 Å². The number of allylic oxidation sites excluding steroid dienone is 1. The summed E-state index contributed by atoms with van der Waals surface area (Å²) < 4.78 is 2.27. The van der Waals surface area contributed by atoms with Gasteiger partial charge in [-0.1, -0.05) is 6.08 Å². The molecule has 0 saturated heterocycles. The molecule has 0 saturated carbocycles. The van der Waals surface area contributed by atoms with E-state index in [0.717, 1.165) is 4.57 Å². The van der Waals surface area contributed by atoms with Gasteiger partial charge >= 0.3 is 5.69 Å². The molecule has 0 amide bonds. The Hall–Kier alpha value is -1.78. The van der Waals surface area contributed by atoms with Crippen LogP contribution in [0.1, 0.15) is 0 Å². The zero-order valence-corrected chi connectivity index (χ0v) is 7.36. The molecule has 5 nitrogen and oxygen atoms in total. The van der Waals surface area contributed by atoms with Crippen molar-refractivity contribution in [2.45, 2.75) is 6.54 Å². The van der Waals surface area contributed by atoms with Gasteiger partial charge in [0.25, 0.3) is 5.56 Å². The Kier molecular flexibility index (Phi) is 2.36. The monoisotopic (exact) mass is 181 g/mol. The standard InChI is InChI=1S/C8H11N3O2/c1-3-4-11-6(9)5-7(12)10(2)8(11)13/h3,5H,1,4,9H2,2H3. The van der Waals surface area contributed by atoms with Gasteiger partial charge in [-0.05, 0) is 0 Å². The molecule has 70 valence electrons. The third-order valence-corrected chi connectivity index (χ3v) is 1.74. The summed E-state index contributed by atoms with van der Waals surface area (Å²) in [6.45, 7) is 3.79. The molecule has 1 aromatic heterocycles. The second-order valence-corrected chi connectivity index (χ2v) is 2.65. The summed E-state index contributed by atoms with van der Waals surface area (Å²) in [6, 6.07) is 1.21. The molecular weight excluding hydrogens is 170 g/mol. The lowest BCUT2D eigenvalue weighted by molar-refractivity contribution is 0.663. The van der Waals surface area contributed by atoms with E-state index in [-0.39, 0.29) is 5.82 Å². The van der Waals surface area contributed by atoms with Gasteiger partial charge in [-0.25, -0.2) is 4.79 Å². The predicted octanol–water partition coefficient (Wildman–Crippen LogP) is -0.685. The number of aromatic nitrogens is 2. The molecule has 2 N–H and O–H groups in total. The first-order valence-corrected chi connectivity index (χ1v) is 3.75. The van der Waals surface area contributed by atoms with Gasteiger partial charge in [0, 0.05) is 19.7 Å². The normalized spacial score (nSPS) is 9.92. The molecule has 0 aliphatic heterocycles. The maximum atomic E-state index is 11.4. The Balaban J connectivity index is 3.53. The number of nitrogens with two attached hydrogens (primary N) is 1. The van der Waals surface area contributed by atoms with Crippen LogP contribution in [-0.4, -0.2) is 9.13 Å². The van der Waals surface area contributed by atoms with Gasteiger partial charge in [-0.15, -0.1) is 6.58 Å². The highest BCUT2D eigenvalue weighted by Gasteiger charge is 2.03. The van der Waals surface area contributed by atoms with Crippen LogP contribution in [0.25, 0.3) is 0 Å². The lowest BCUT2D eigenvalue weighted by Crippen LogP contribution is -2.38. The fourth-order valence-electron chi connectivity index (χ4n) is 1.000. The van der Waals surface area contributed by atoms with Crippen LogP contribution in [-0.2, 0) is 13.6 Å². The maximum absolute atomic E-state index is 11.4. The number of anilines is 1. The molecular formula is C8H11N3O2. The molecule has 1 rings (SSSR count). The molecule has 0 aromatic carbocycles. The van der Waals surface area contributed by atoms with E-state index in [9.17, 15) is 9.59 Å². The number of hydrogen-bond donors (Lipinski definition) is 1. The van der Waals surface area contributed by atoms with Crippen LogP contribution in [0.5, 0.6) is 0 Å². The van der Waals surface area contributed by atoms with Gasteiger partial charge in [-0.3, -0.25) is 13.9 Å². The highest BCUT2D eigenvalue weighted by molar-refractivity contribution is 5.26. The van der Waals surface area contributed by atoms with Crippen molar-refractivity contribution in [1.82, 2.24) is 9.13 Å². The number of hydrogen-bond acceptors (Lipinski definition) is 3. The summed E-state index contributed by atoms with van der Waals surface area (Å²) in [5.41, 5.74) is 4.65. The van der Waals surface area contributed by atoms with E-state index >= 15 is 0 Å². The van der Waals surface area contributed by atoms with E-state index in [1.165, 1.54) is 17.7 Å². The minimum absolute atomic E-state index is 0.160. The van der Waals surface area contributed by atoms with Crippen molar-refractivity contribution in [3.8, 4) is 0 Å². The summed E-state index contributed by atoms with van der Waals surface area (Å²) in [7, 11) is 1.41. The van der Waals surface area contributed by atoms with Crippen LogP contribution in [0.15, 0.2) is 28.3 Å². The first-order chi connectivity index (χ1) is 6.07. The summed E-state index contributed by atoms with van der Waals surface area (Å²) in [5.74, 6) is 0.160. The Morgan fingerprint density at radius 3 is 2.77 bits per heavy atom. The van der Waals surface area contributed by atoms with Crippen LogP contribution in [0.3, 0.4) is 0 Å². The lowest BCUT2D eigenvalue weighted by atomic mass is 10.5. The first kappa shape index (κ1) is 9.31. The smallest absolute Gasteiger partial charge is 0.332 e. The van der Waals surface area contributed by atoms with Gasteiger partial charge in [0.15, 0.2) is 0 Å². The molecule has 0 bridgehead atoms. The minimum atomic E-state index is -0.426. The van der Waals surface area contributed by atoms with E-state index in [2.05, 4.69) is 6.58 Å². The fourth-order valence-corrected chi connectivity index (χ4v) is 1.000. The van der Waals surface area contributed by atoms with Crippen LogP contribution in [0.4, 0.5) is 5.82 Å². The Bertz CT molecular complexity index is 442. The van der Waals surface area contributed by atoms with Crippen molar-refractivity contribution >= 4 is 5.82 Å². The number of nitrogen functional groups attached to an aromatic ring is 1. The van der Waals surface area contributed by atoms with Crippen molar-refractivity contribution < 1.29 is 0 Å². The highest BCUT2D eigenvalue weighted by Crippen LogP contribution is 1.92. The van der Waals surface area contributed by atoms with E-state index in [1.54, 1.807) is 6.08 Å². The average Bonchev–Trinajstić information content (AvgIpc) is 2.09. The van der Waals surface area contributed by atoms with E-state index < -0.39 is 11.2 Å². The van der Waals surface area contributed by atoms with Gasteiger partial charge in [0.1, 0.15) is 5.82 Å². The van der Waals surface area contributed by atoms with Crippen molar-refractivity contribution in [1.29, 1.82) is 0 Å². The zero-order valence-electron chi connectivity index (χ0n) is 7.36. The topological polar surface area (TPSA) is 70.0 Å². The molecule has 0 fully saturated rings. The average molecular weight is 181 g/mol. The second-order valence-electron chi connectivity index (χ2n) is 2.65. The minimum Gasteiger partial charge on any atom is -0.385 e. The Morgan fingerprint density at radius 1 is 1.62 bits per heavy atom. The number of nitrogens with zero attached hydrogens (tertiary/aromatic N) is 2. The van der Waals surface area contributed by atoms with E-state index in [0.29, 0.717) is 6.54 Å². The quantitative estimate of drug-likeness (QED) is 0.614. The molecule has 13 heavy (non-hydrogen) atoms. The highest BCUT2D eigenvalue weighted by atomic mass is 16.2. The summed E-state index contributed by atoms with van der Waals surface area (Å²) >= 11 is 0. The Labute approximate surface area is 74.7 Å². The van der Waals surface area contributed by atoms with Crippen LogP contribution in [0.2, 0.25) is 0 Å². The maximum Gasteiger partial charge on any atom is 0.332 e. The molecule has 0 radical (unpaired) electrons. The molecule has 5 heteroatoms. The molecule has 0 aliphatic rings. The third-order valence-electron chi connectivity index (χ3n) is 1.74. The predicted molar refractivity (Wildman–Crippen MR) is 50.6 cm³/mol. The first-order valence-electron chi connectivity index (χ1n) is 3.75. The Morgan fingerprint density at radius 2 is 2.23 bits per heavy atom. The largest absolute Gasteiger partial charge is 0.385 e. The van der Waals surface area contributed by atoms with Gasteiger partial charge in [-0.2, -0.15) is 0 Å². The van der Waals surface area contributed by atoms with Crippen LogP contribution in [0, 0.1) is 0 Å². The molecule has 0 atom stereocenters. The van der Waals surface area contributed by atoms with Gasteiger partial charge in [0.2, 0.25) is 0 Å². The summed E-state index contributed by atoms with van der Waals surface area (Å²) in [6.07, 6.45) is 1.54. The van der Waals surface area contributed by atoms with Crippen molar-refractivity contribution in [3.05, 3.63) is 39.6 Å². The fraction of sp³-hybridized carbons (Fsp3) is 0.250. The van der Waals surface area contributed by atoms with Crippen LogP contribution < -0.4 is 17.0 Å². The number of rotatable bonds is 2. The molecule has 1 heterocycles. The SMILES string of the molecule is C=CCn1c(N)cc(=O)n(C)c1=O. The van der Waals surface area contributed by atoms with Gasteiger partial charge in [0.05, 0.1) is 0 Å². The van der Waals surface area contributed by atoms with Gasteiger partial charge < -0.3 is 5.73 Å². The third kappa shape index (κ3) is 1.53. The lowest BCUT2D eigenvalue weighted by Gasteiger charge is -2.07. The molecule has 1 aromatic rings. The summed E-state index contributed by atoms with van der Waals surface area (Å²) in [4.78, 5) is 22.5. The van der Waals surface area contributed by atoms with E-state index in [1.807, 2.05) is 0 Å². The van der Waals surface area contributed by atoms with Crippen molar-refractivity contribution in [3.63, 3.8) is 0 Å². The van der Waals surface area contributed by atoms with E-state index in [4.69, 9.17) is 5.73 Å². The molecule has 0 aliphatic carbocycles. The van der Waals surface area contributed by atoms with Crippen molar-refractivity contribution in [2.24, 2.45) is 7.05 Å². The second kappa shape index (κ2) is 3.30. The van der Waals surface area contributed by atoms with Crippen molar-refractivity contribution in [2.75, 3.05) is 5.73 Å². The molecule has 0 unspecified atom stereocenters.